The fraction of sp³-hybridized carbons (Fsp3) is 0.467. The van der Waals surface area contributed by atoms with Crippen LogP contribution in [0.3, 0.4) is 0 Å². The fourth-order valence-corrected chi connectivity index (χ4v) is 2.60. The highest BCUT2D eigenvalue weighted by atomic mass is 16.6. The lowest BCUT2D eigenvalue weighted by atomic mass is 10.0. The van der Waals surface area contributed by atoms with Gasteiger partial charge >= 0.3 is 0 Å². The Labute approximate surface area is 117 Å². The van der Waals surface area contributed by atoms with Crippen molar-refractivity contribution in [3.8, 4) is 0 Å². The predicted molar refractivity (Wildman–Crippen MR) is 74.3 cm³/mol. The summed E-state index contributed by atoms with van der Waals surface area (Å²) in [6.45, 7) is 1.20. The van der Waals surface area contributed by atoms with Crippen molar-refractivity contribution in [2.45, 2.75) is 31.5 Å². The molecule has 1 saturated heterocycles. The van der Waals surface area contributed by atoms with E-state index in [1.807, 2.05) is 30.3 Å². The second-order valence-electron chi connectivity index (χ2n) is 5.26. The molecule has 1 fully saturated rings. The normalized spacial score (nSPS) is 23.4. The van der Waals surface area contributed by atoms with Gasteiger partial charge in [-0.25, -0.2) is 0 Å². The molecule has 1 aromatic rings. The van der Waals surface area contributed by atoms with Gasteiger partial charge in [-0.1, -0.05) is 35.5 Å². The molecular formula is C15H18N2O3. The summed E-state index contributed by atoms with van der Waals surface area (Å²) in [5.41, 5.74) is 1.82. The van der Waals surface area contributed by atoms with Gasteiger partial charge in [-0.15, -0.1) is 0 Å². The van der Waals surface area contributed by atoms with Crippen LogP contribution in [0.2, 0.25) is 0 Å². The Hall–Kier alpha value is -1.88. The van der Waals surface area contributed by atoms with E-state index in [0.717, 1.165) is 11.3 Å². The summed E-state index contributed by atoms with van der Waals surface area (Å²) in [7, 11) is 0. The van der Waals surface area contributed by atoms with Gasteiger partial charge in [0.15, 0.2) is 0 Å². The zero-order valence-corrected chi connectivity index (χ0v) is 11.2. The lowest BCUT2D eigenvalue weighted by molar-refractivity contribution is -0.144. The topological polar surface area (TPSA) is 62.1 Å². The van der Waals surface area contributed by atoms with Gasteiger partial charge in [0.25, 0.3) is 5.91 Å². The molecule has 0 saturated carbocycles. The summed E-state index contributed by atoms with van der Waals surface area (Å²) in [4.78, 5) is 19.4. The van der Waals surface area contributed by atoms with Crippen LogP contribution in [0.5, 0.6) is 0 Å². The minimum absolute atomic E-state index is 0.0217. The minimum Gasteiger partial charge on any atom is -0.393 e. The number of carbonyl (C=O) groups excluding carboxylic acids is 1. The van der Waals surface area contributed by atoms with Gasteiger partial charge in [-0.3, -0.25) is 4.79 Å². The summed E-state index contributed by atoms with van der Waals surface area (Å²) in [5, 5.41) is 13.5. The summed E-state index contributed by atoms with van der Waals surface area (Å²) in [5.74, 6) is -0.0217. The molecule has 0 aliphatic carbocycles. The molecule has 2 heterocycles. The number of likely N-dealkylation sites (tertiary alicyclic amines) is 1. The van der Waals surface area contributed by atoms with E-state index >= 15 is 0 Å². The van der Waals surface area contributed by atoms with Crippen LogP contribution in [-0.2, 0) is 9.63 Å². The molecule has 0 spiro atoms. The quantitative estimate of drug-likeness (QED) is 0.880. The molecule has 1 unspecified atom stereocenters. The van der Waals surface area contributed by atoms with Crippen molar-refractivity contribution in [1.82, 2.24) is 4.90 Å². The lowest BCUT2D eigenvalue weighted by Gasteiger charge is -2.30. The third kappa shape index (κ3) is 2.67. The lowest BCUT2D eigenvalue weighted by Crippen LogP contribution is -2.45. The van der Waals surface area contributed by atoms with Crippen molar-refractivity contribution in [2.24, 2.45) is 5.16 Å². The number of aliphatic hydroxyl groups excluding tert-OH is 1. The average Bonchev–Trinajstić information content (AvgIpc) is 2.98. The van der Waals surface area contributed by atoms with Gasteiger partial charge < -0.3 is 14.8 Å². The van der Waals surface area contributed by atoms with Crippen LogP contribution in [0, 0.1) is 0 Å². The fourth-order valence-electron chi connectivity index (χ4n) is 2.60. The van der Waals surface area contributed by atoms with E-state index in [0.29, 0.717) is 32.4 Å². The molecule has 0 bridgehead atoms. The molecule has 0 aromatic heterocycles. The van der Waals surface area contributed by atoms with Gasteiger partial charge in [-0.05, 0) is 18.4 Å². The molecule has 1 aromatic carbocycles. The van der Waals surface area contributed by atoms with Gasteiger partial charge in [0.1, 0.15) is 0 Å². The van der Waals surface area contributed by atoms with Crippen molar-refractivity contribution in [1.29, 1.82) is 0 Å². The van der Waals surface area contributed by atoms with E-state index in [-0.39, 0.29) is 12.0 Å². The van der Waals surface area contributed by atoms with Crippen LogP contribution < -0.4 is 0 Å². The Bertz CT molecular complexity index is 507. The third-order valence-corrected chi connectivity index (χ3v) is 3.83. The number of benzene rings is 1. The number of hydrogen-bond donors (Lipinski definition) is 1. The number of piperidine rings is 1. The molecule has 5 nitrogen and oxygen atoms in total. The Kier molecular flexibility index (Phi) is 3.69. The first-order chi connectivity index (χ1) is 9.74. The largest absolute Gasteiger partial charge is 0.393 e. The molecule has 1 atom stereocenters. The molecule has 2 aliphatic rings. The Morgan fingerprint density at radius 3 is 2.65 bits per heavy atom. The number of nitrogens with zero attached hydrogens (tertiary/aromatic N) is 2. The van der Waals surface area contributed by atoms with E-state index in [9.17, 15) is 9.90 Å². The Morgan fingerprint density at radius 1 is 1.25 bits per heavy atom. The van der Waals surface area contributed by atoms with E-state index in [4.69, 9.17) is 4.84 Å². The van der Waals surface area contributed by atoms with Crippen LogP contribution in [-0.4, -0.2) is 46.9 Å². The molecule has 20 heavy (non-hydrogen) atoms. The highest BCUT2D eigenvalue weighted by molar-refractivity contribution is 6.04. The second kappa shape index (κ2) is 5.63. The Balaban J connectivity index is 1.60. The zero-order valence-electron chi connectivity index (χ0n) is 11.2. The second-order valence-corrected chi connectivity index (χ2v) is 5.26. The van der Waals surface area contributed by atoms with Crippen LogP contribution in [0.1, 0.15) is 24.8 Å². The number of aliphatic hydroxyl groups is 1. The van der Waals surface area contributed by atoms with Crippen molar-refractivity contribution in [3.05, 3.63) is 35.9 Å². The summed E-state index contributed by atoms with van der Waals surface area (Å²) < 4.78 is 0. The highest BCUT2D eigenvalue weighted by Crippen LogP contribution is 2.20. The number of amides is 1. The van der Waals surface area contributed by atoms with Gasteiger partial charge in [0, 0.05) is 19.5 Å². The van der Waals surface area contributed by atoms with Crippen LogP contribution >= 0.6 is 0 Å². The molecule has 3 rings (SSSR count). The summed E-state index contributed by atoms with van der Waals surface area (Å²) >= 11 is 0. The SMILES string of the molecule is O=C(C1CC(c2ccccc2)=NO1)N1CCC(O)CC1. The van der Waals surface area contributed by atoms with Crippen LogP contribution in [0.15, 0.2) is 35.5 Å². The first-order valence-electron chi connectivity index (χ1n) is 6.99. The minimum atomic E-state index is -0.513. The molecule has 2 aliphatic heterocycles. The first kappa shape index (κ1) is 13.1. The van der Waals surface area contributed by atoms with Crippen molar-refractivity contribution < 1.29 is 14.7 Å². The van der Waals surface area contributed by atoms with E-state index < -0.39 is 6.10 Å². The Morgan fingerprint density at radius 2 is 1.95 bits per heavy atom. The highest BCUT2D eigenvalue weighted by Gasteiger charge is 2.33. The maximum absolute atomic E-state index is 12.3. The molecule has 1 amide bonds. The van der Waals surface area contributed by atoms with Crippen molar-refractivity contribution in [3.63, 3.8) is 0 Å². The molecule has 5 heteroatoms. The standard InChI is InChI=1S/C15H18N2O3/c18-12-6-8-17(9-7-12)15(19)14-10-13(16-20-14)11-4-2-1-3-5-11/h1-5,12,14,18H,6-10H2. The van der Waals surface area contributed by atoms with Gasteiger partial charge in [0.05, 0.1) is 11.8 Å². The average molecular weight is 274 g/mol. The smallest absolute Gasteiger partial charge is 0.266 e. The molecular weight excluding hydrogens is 256 g/mol. The molecule has 0 radical (unpaired) electrons. The third-order valence-electron chi connectivity index (χ3n) is 3.83. The maximum Gasteiger partial charge on any atom is 0.266 e. The number of rotatable bonds is 2. The number of oxime groups is 1. The molecule has 1 N–H and O–H groups in total. The number of carbonyl (C=O) groups is 1. The van der Waals surface area contributed by atoms with Crippen molar-refractivity contribution >= 4 is 11.6 Å². The summed E-state index contributed by atoms with van der Waals surface area (Å²) in [6, 6.07) is 9.76. The zero-order chi connectivity index (χ0) is 13.9. The number of hydrogen-bond acceptors (Lipinski definition) is 4. The first-order valence-corrected chi connectivity index (χ1v) is 6.99. The van der Waals surface area contributed by atoms with E-state index in [1.54, 1.807) is 4.90 Å². The van der Waals surface area contributed by atoms with Crippen molar-refractivity contribution in [2.75, 3.05) is 13.1 Å². The van der Waals surface area contributed by atoms with Crippen LogP contribution in [0.25, 0.3) is 0 Å². The summed E-state index contributed by atoms with van der Waals surface area (Å²) in [6.07, 6.45) is 1.01. The maximum atomic E-state index is 12.3. The van der Waals surface area contributed by atoms with E-state index in [2.05, 4.69) is 5.16 Å². The van der Waals surface area contributed by atoms with Gasteiger partial charge in [0.2, 0.25) is 6.10 Å². The van der Waals surface area contributed by atoms with E-state index in [1.165, 1.54) is 0 Å². The molecule has 106 valence electrons. The predicted octanol–water partition coefficient (Wildman–Crippen LogP) is 1.16. The monoisotopic (exact) mass is 274 g/mol. The van der Waals surface area contributed by atoms with Gasteiger partial charge in [-0.2, -0.15) is 0 Å². The van der Waals surface area contributed by atoms with Crippen LogP contribution in [0.4, 0.5) is 0 Å².